The Bertz CT molecular complexity index is 513. The summed E-state index contributed by atoms with van der Waals surface area (Å²) in [6, 6.07) is 3.95. The van der Waals surface area contributed by atoms with Crippen LogP contribution >= 0.6 is 35.7 Å². The average Bonchev–Trinajstić information content (AvgIpc) is 2.56. The van der Waals surface area contributed by atoms with E-state index in [4.69, 9.17) is 4.74 Å². The maximum Gasteiger partial charge on any atom is 0.218 e. The van der Waals surface area contributed by atoms with Crippen molar-refractivity contribution < 1.29 is 4.74 Å². The van der Waals surface area contributed by atoms with Gasteiger partial charge in [-0.2, -0.15) is 11.8 Å². The Morgan fingerprint density at radius 2 is 2.35 bits per heavy atom. The summed E-state index contributed by atoms with van der Waals surface area (Å²) >= 11 is 2.07. The molecule has 1 aliphatic heterocycles. The first-order chi connectivity index (χ1) is 10.7. The van der Waals surface area contributed by atoms with Gasteiger partial charge in [-0.05, 0) is 12.0 Å². The molecule has 1 aromatic heterocycles. The van der Waals surface area contributed by atoms with E-state index < -0.39 is 0 Å². The lowest BCUT2D eigenvalue weighted by atomic mass is 10.1. The quantitative estimate of drug-likeness (QED) is 0.435. The third kappa shape index (κ3) is 5.70. The molecule has 0 radical (unpaired) electrons. The van der Waals surface area contributed by atoms with Gasteiger partial charge in [-0.15, -0.1) is 24.0 Å². The fourth-order valence-electron chi connectivity index (χ4n) is 2.52. The number of halogens is 1. The van der Waals surface area contributed by atoms with Crippen molar-refractivity contribution >= 4 is 41.7 Å². The van der Waals surface area contributed by atoms with E-state index in [1.165, 1.54) is 0 Å². The molecule has 23 heavy (non-hydrogen) atoms. The molecule has 130 valence electrons. The van der Waals surface area contributed by atoms with Gasteiger partial charge in [0.1, 0.15) is 0 Å². The van der Waals surface area contributed by atoms with Crippen LogP contribution in [0.2, 0.25) is 0 Å². The number of hydrogen-bond donors (Lipinski definition) is 1. The summed E-state index contributed by atoms with van der Waals surface area (Å²) in [6.45, 7) is 7.33. The minimum atomic E-state index is 0. The molecule has 2 rings (SSSR count). The van der Waals surface area contributed by atoms with Crippen molar-refractivity contribution in [3.8, 4) is 5.88 Å². The van der Waals surface area contributed by atoms with Crippen molar-refractivity contribution in [2.75, 3.05) is 33.0 Å². The third-order valence-electron chi connectivity index (χ3n) is 3.83. The monoisotopic (exact) mass is 450 g/mol. The summed E-state index contributed by atoms with van der Waals surface area (Å²) in [4.78, 5) is 11.0. The van der Waals surface area contributed by atoms with Crippen molar-refractivity contribution in [1.82, 2.24) is 15.2 Å². The molecule has 0 saturated carbocycles. The van der Waals surface area contributed by atoms with Crippen LogP contribution in [-0.4, -0.2) is 54.1 Å². The summed E-state index contributed by atoms with van der Waals surface area (Å²) in [5.74, 6) is 3.46. The van der Waals surface area contributed by atoms with Crippen LogP contribution in [0.1, 0.15) is 19.4 Å². The zero-order chi connectivity index (χ0) is 15.9. The molecule has 7 heteroatoms. The molecular weight excluding hydrogens is 423 g/mol. The first-order valence-electron chi connectivity index (χ1n) is 7.70. The van der Waals surface area contributed by atoms with Gasteiger partial charge in [-0.3, -0.25) is 4.99 Å². The molecule has 0 aromatic carbocycles. The average molecular weight is 450 g/mol. The van der Waals surface area contributed by atoms with Gasteiger partial charge in [0, 0.05) is 49.4 Å². The van der Waals surface area contributed by atoms with Crippen LogP contribution < -0.4 is 10.1 Å². The van der Waals surface area contributed by atoms with Gasteiger partial charge in [-0.25, -0.2) is 4.98 Å². The number of rotatable bonds is 4. The van der Waals surface area contributed by atoms with E-state index in [2.05, 4.69) is 45.8 Å². The molecule has 1 atom stereocenters. The predicted molar refractivity (Wildman–Crippen MR) is 109 cm³/mol. The number of aromatic nitrogens is 1. The highest BCUT2D eigenvalue weighted by Gasteiger charge is 2.24. The topological polar surface area (TPSA) is 49.8 Å². The Labute approximate surface area is 160 Å². The predicted octanol–water partition coefficient (Wildman–Crippen LogP) is 2.86. The SMILES string of the molecule is CN=C(NCc1cccnc1OC)N1CCSC(C(C)C)C1.I. The van der Waals surface area contributed by atoms with E-state index in [0.717, 1.165) is 30.4 Å². The third-order valence-corrected chi connectivity index (χ3v) is 5.37. The largest absolute Gasteiger partial charge is 0.481 e. The number of methoxy groups -OCH3 is 1. The van der Waals surface area contributed by atoms with Gasteiger partial charge in [0.2, 0.25) is 5.88 Å². The molecule has 1 aliphatic rings. The van der Waals surface area contributed by atoms with Gasteiger partial charge in [0.25, 0.3) is 0 Å². The fourth-order valence-corrected chi connectivity index (χ4v) is 3.82. The van der Waals surface area contributed by atoms with Crippen LogP contribution in [0.4, 0.5) is 0 Å². The fraction of sp³-hybridized carbons (Fsp3) is 0.625. The summed E-state index contributed by atoms with van der Waals surface area (Å²) in [6.07, 6.45) is 1.74. The zero-order valence-corrected chi connectivity index (χ0v) is 17.4. The van der Waals surface area contributed by atoms with Crippen molar-refractivity contribution in [1.29, 1.82) is 0 Å². The van der Waals surface area contributed by atoms with Gasteiger partial charge < -0.3 is 15.0 Å². The number of guanidine groups is 1. The zero-order valence-electron chi connectivity index (χ0n) is 14.3. The molecule has 0 amide bonds. The Balaban J connectivity index is 0.00000264. The Kier molecular flexibility index (Phi) is 9.04. The van der Waals surface area contributed by atoms with E-state index >= 15 is 0 Å². The number of ether oxygens (including phenoxy) is 1. The Morgan fingerprint density at radius 3 is 3.00 bits per heavy atom. The van der Waals surface area contributed by atoms with Crippen LogP contribution in [0.15, 0.2) is 23.3 Å². The molecular formula is C16H27IN4OS. The minimum Gasteiger partial charge on any atom is -0.481 e. The molecule has 1 saturated heterocycles. The molecule has 1 aromatic rings. The van der Waals surface area contributed by atoms with Crippen molar-refractivity contribution in [2.24, 2.45) is 10.9 Å². The molecule has 1 unspecified atom stereocenters. The van der Waals surface area contributed by atoms with Gasteiger partial charge in [0.15, 0.2) is 5.96 Å². The lowest BCUT2D eigenvalue weighted by molar-refractivity contribution is 0.377. The highest BCUT2D eigenvalue weighted by Crippen LogP contribution is 2.25. The standard InChI is InChI=1S/C16H26N4OS.HI/c1-12(2)14-11-20(8-9-22-14)16(17-3)19-10-13-6-5-7-18-15(13)21-4;/h5-7,12,14H,8-11H2,1-4H3,(H,17,19);1H. The molecule has 5 nitrogen and oxygen atoms in total. The summed E-state index contributed by atoms with van der Waals surface area (Å²) in [5, 5.41) is 4.10. The summed E-state index contributed by atoms with van der Waals surface area (Å²) < 4.78 is 5.30. The van der Waals surface area contributed by atoms with E-state index in [0.29, 0.717) is 23.6 Å². The second-order valence-corrected chi connectivity index (χ2v) is 7.02. The highest BCUT2D eigenvalue weighted by molar-refractivity contribution is 14.0. The first-order valence-corrected chi connectivity index (χ1v) is 8.75. The number of aliphatic imine (C=N–C) groups is 1. The van der Waals surface area contributed by atoms with E-state index in [1.54, 1.807) is 13.3 Å². The highest BCUT2D eigenvalue weighted by atomic mass is 127. The second kappa shape index (κ2) is 10.2. The van der Waals surface area contributed by atoms with Crippen molar-refractivity contribution in [2.45, 2.75) is 25.6 Å². The van der Waals surface area contributed by atoms with Crippen LogP contribution in [-0.2, 0) is 6.54 Å². The van der Waals surface area contributed by atoms with Crippen LogP contribution in [0, 0.1) is 5.92 Å². The molecule has 0 spiro atoms. The van der Waals surface area contributed by atoms with E-state index in [-0.39, 0.29) is 24.0 Å². The van der Waals surface area contributed by atoms with Crippen molar-refractivity contribution in [3.63, 3.8) is 0 Å². The molecule has 1 fully saturated rings. The summed E-state index contributed by atoms with van der Waals surface area (Å²) in [7, 11) is 3.49. The lowest BCUT2D eigenvalue weighted by Gasteiger charge is -2.36. The van der Waals surface area contributed by atoms with Gasteiger partial charge in [-0.1, -0.05) is 19.9 Å². The summed E-state index contributed by atoms with van der Waals surface area (Å²) in [5.41, 5.74) is 1.04. The molecule has 2 heterocycles. The lowest BCUT2D eigenvalue weighted by Crippen LogP contribution is -2.48. The van der Waals surface area contributed by atoms with Crippen LogP contribution in [0.25, 0.3) is 0 Å². The molecule has 1 N–H and O–H groups in total. The number of nitrogens with one attached hydrogen (secondary N) is 1. The number of hydrogen-bond acceptors (Lipinski definition) is 4. The normalized spacial score (nSPS) is 18.6. The van der Waals surface area contributed by atoms with E-state index in [9.17, 15) is 0 Å². The Hall–Kier alpha value is -0.700. The first kappa shape index (κ1) is 20.3. The molecule has 0 aliphatic carbocycles. The smallest absolute Gasteiger partial charge is 0.218 e. The van der Waals surface area contributed by atoms with Gasteiger partial charge >= 0.3 is 0 Å². The Morgan fingerprint density at radius 1 is 1.57 bits per heavy atom. The minimum absolute atomic E-state index is 0. The number of nitrogens with zero attached hydrogens (tertiary/aromatic N) is 3. The number of pyridine rings is 1. The van der Waals surface area contributed by atoms with Crippen LogP contribution in [0.5, 0.6) is 5.88 Å². The van der Waals surface area contributed by atoms with Gasteiger partial charge in [0.05, 0.1) is 7.11 Å². The maximum atomic E-state index is 5.30. The van der Waals surface area contributed by atoms with Crippen LogP contribution in [0.3, 0.4) is 0 Å². The van der Waals surface area contributed by atoms with Crippen molar-refractivity contribution in [3.05, 3.63) is 23.9 Å². The second-order valence-electron chi connectivity index (χ2n) is 5.67. The molecule has 0 bridgehead atoms. The maximum absolute atomic E-state index is 5.30. The number of thioether (sulfide) groups is 1. The van der Waals surface area contributed by atoms with E-state index in [1.807, 2.05) is 19.2 Å².